The molecule has 5 heteroatoms. The van der Waals surface area contributed by atoms with Crippen LogP contribution in [0.2, 0.25) is 10.0 Å². The molecule has 2 aliphatic carbocycles. The van der Waals surface area contributed by atoms with E-state index in [0.717, 1.165) is 16.5 Å². The molecule has 0 fully saturated rings. The summed E-state index contributed by atoms with van der Waals surface area (Å²) in [5, 5.41) is 1.52. The van der Waals surface area contributed by atoms with Gasteiger partial charge in [-0.1, -0.05) is 0 Å². The number of hydrogen-bond donors (Lipinski definition) is 0. The number of hydrogen-bond acceptors (Lipinski definition) is 0. The van der Waals surface area contributed by atoms with Crippen molar-refractivity contribution in [2.45, 2.75) is 62.4 Å². The molecular formula is C51H46Cl4Zr. The van der Waals surface area contributed by atoms with Crippen LogP contribution in [0.15, 0.2) is 155 Å². The van der Waals surface area contributed by atoms with E-state index in [1.165, 1.54) is 66.8 Å². The second kappa shape index (κ2) is 16.9. The van der Waals surface area contributed by atoms with Gasteiger partial charge in [0.2, 0.25) is 0 Å². The third-order valence-corrected chi connectivity index (χ3v) is 19.8. The minimum Gasteiger partial charge on any atom is -1.00 e. The van der Waals surface area contributed by atoms with Gasteiger partial charge in [0.25, 0.3) is 0 Å². The van der Waals surface area contributed by atoms with Gasteiger partial charge in [0, 0.05) is 0 Å². The first-order chi connectivity index (χ1) is 25.9. The van der Waals surface area contributed by atoms with E-state index in [2.05, 4.69) is 169 Å². The third kappa shape index (κ3) is 8.19. The van der Waals surface area contributed by atoms with Gasteiger partial charge >= 0.3 is 342 Å². The van der Waals surface area contributed by atoms with E-state index in [4.69, 9.17) is 23.2 Å². The molecule has 8 rings (SSSR count). The zero-order valence-electron chi connectivity index (χ0n) is 32.7. The molecule has 0 aromatic heterocycles. The van der Waals surface area contributed by atoms with Crippen molar-refractivity contribution in [2.24, 2.45) is 0 Å². The van der Waals surface area contributed by atoms with Gasteiger partial charge in [0.15, 0.2) is 0 Å². The molecule has 0 bridgehead atoms. The summed E-state index contributed by atoms with van der Waals surface area (Å²) in [6.45, 7) is 14.1. The number of halogens is 4. The van der Waals surface area contributed by atoms with Crippen LogP contribution in [-0.2, 0) is 32.1 Å². The summed E-state index contributed by atoms with van der Waals surface area (Å²) in [7, 11) is 0. The van der Waals surface area contributed by atoms with Gasteiger partial charge in [-0.25, -0.2) is 0 Å². The Kier molecular flexibility index (Phi) is 12.8. The van der Waals surface area contributed by atoms with E-state index in [9.17, 15) is 0 Å². The number of benzene rings is 6. The molecule has 0 N–H and O–H groups in total. The maximum absolute atomic E-state index is 6.48. The normalized spacial score (nSPS) is 13.2. The maximum atomic E-state index is 6.48. The quantitative estimate of drug-likeness (QED) is 0.157. The summed E-state index contributed by atoms with van der Waals surface area (Å²) in [4.78, 5) is 0. The minimum atomic E-state index is -2.96. The van der Waals surface area contributed by atoms with Gasteiger partial charge in [0.05, 0.1) is 0 Å². The fourth-order valence-electron chi connectivity index (χ4n) is 8.46. The molecule has 56 heavy (non-hydrogen) atoms. The average molecular weight is 892 g/mol. The van der Waals surface area contributed by atoms with Crippen LogP contribution < -0.4 is 24.8 Å². The molecule has 2 aliphatic rings. The Hall–Kier alpha value is -3.29. The van der Waals surface area contributed by atoms with Crippen molar-refractivity contribution in [1.29, 1.82) is 0 Å². The van der Waals surface area contributed by atoms with Crippen LogP contribution in [0.4, 0.5) is 0 Å². The predicted molar refractivity (Wildman–Crippen MR) is 230 cm³/mol. The van der Waals surface area contributed by atoms with Crippen LogP contribution in [-0.4, -0.2) is 3.21 Å². The van der Waals surface area contributed by atoms with E-state index in [0.29, 0.717) is 0 Å². The van der Waals surface area contributed by atoms with Gasteiger partial charge in [-0.15, -0.1) is 0 Å². The van der Waals surface area contributed by atoms with Crippen molar-refractivity contribution < 1.29 is 46.1 Å². The van der Waals surface area contributed by atoms with Gasteiger partial charge in [-0.05, 0) is 0 Å². The zero-order chi connectivity index (χ0) is 37.8. The van der Waals surface area contributed by atoms with Gasteiger partial charge in [0.1, 0.15) is 0 Å². The molecule has 0 saturated carbocycles. The molecule has 0 amide bonds. The molecule has 0 atom stereocenters. The summed E-state index contributed by atoms with van der Waals surface area (Å²) in [6.07, 6.45) is 8.13. The Morgan fingerprint density at radius 3 is 1.30 bits per heavy atom. The Balaban J connectivity index is 0.00000266. The number of rotatable bonds is 6. The standard InChI is InChI=1S/C33H31Cl2.C13H10.C5H5.2ClH.Zr/c1-32(2,3)30-18-26-22(16-28(30)20-7-11-24(34)12-8-20)15-23-17-29(21-9-13-25(35)14-10-21)31(19-27(23)26)33(4,5)6;1-3-7-12(8-4-1)11-13-9-5-2-6-10-13;1-2-4-5-3-1;;;/h7-19H,1-6H3;1-10H;1-3H,4H2;2*1H;/q;;;;;+2/p-2. The minimum absolute atomic E-state index is 0. The largest absolute Gasteiger partial charge is 1.00 e. The predicted octanol–water partition coefficient (Wildman–Crippen LogP) is 8.73. The summed E-state index contributed by atoms with van der Waals surface area (Å²) in [5.41, 5.74) is 15.9. The molecule has 0 nitrogen and oxygen atoms in total. The first-order valence-corrected chi connectivity index (χ1v) is 23.6. The average Bonchev–Trinajstić information content (AvgIpc) is 3.80. The first-order valence-electron chi connectivity index (χ1n) is 19.0. The summed E-state index contributed by atoms with van der Waals surface area (Å²) in [6, 6.07) is 49.7. The van der Waals surface area contributed by atoms with Crippen molar-refractivity contribution in [3.63, 3.8) is 0 Å². The molecule has 6 aromatic carbocycles. The summed E-state index contributed by atoms with van der Waals surface area (Å²) < 4.78 is 3.43. The number of allylic oxidation sites excluding steroid dienone is 4. The van der Waals surface area contributed by atoms with Crippen LogP contribution in [0.5, 0.6) is 0 Å². The Morgan fingerprint density at radius 2 is 0.946 bits per heavy atom. The molecule has 0 radical (unpaired) electrons. The number of fused-ring (bicyclic) bond motifs is 3. The molecule has 0 unspecified atom stereocenters. The second-order valence-corrected chi connectivity index (χ2v) is 23.9. The van der Waals surface area contributed by atoms with Crippen LogP contribution in [0.1, 0.15) is 85.0 Å². The van der Waals surface area contributed by atoms with E-state index in [1.54, 1.807) is 6.49 Å². The van der Waals surface area contributed by atoms with E-state index < -0.39 is 21.3 Å². The van der Waals surface area contributed by atoms with E-state index in [1.807, 2.05) is 24.3 Å². The Bertz CT molecular complexity index is 2310. The van der Waals surface area contributed by atoms with Crippen molar-refractivity contribution >= 4 is 26.4 Å². The van der Waals surface area contributed by atoms with Crippen LogP contribution in [0.25, 0.3) is 33.4 Å². The molecule has 0 heterocycles. The Labute approximate surface area is 363 Å². The SMILES string of the molecule is CC(C)(C)c1cc2c(cc1-c1ccc(Cl)cc1)[CH]([Zr+2]([C]1=CC=CC1)=[C](c1ccccc1)c1ccccc1)c1cc(-c3ccc(Cl)cc3)c(C(C)(C)C)cc1-2.[Cl-].[Cl-]. The fourth-order valence-corrected chi connectivity index (χ4v) is 17.7. The van der Waals surface area contributed by atoms with Crippen LogP contribution in [0, 0.1) is 0 Å². The molecular weight excluding hydrogens is 846 g/mol. The molecule has 282 valence electrons. The van der Waals surface area contributed by atoms with Gasteiger partial charge in [-0.2, -0.15) is 0 Å². The Morgan fingerprint density at radius 1 is 0.536 bits per heavy atom. The first kappa shape index (κ1) is 42.3. The molecule has 0 saturated heterocycles. The van der Waals surface area contributed by atoms with Crippen molar-refractivity contribution in [2.75, 3.05) is 0 Å². The van der Waals surface area contributed by atoms with E-state index in [-0.39, 0.29) is 39.3 Å². The topological polar surface area (TPSA) is 0 Å². The van der Waals surface area contributed by atoms with Gasteiger partial charge in [-0.3, -0.25) is 0 Å². The smallest absolute Gasteiger partial charge is 1.00 e. The van der Waals surface area contributed by atoms with E-state index >= 15 is 0 Å². The third-order valence-electron chi connectivity index (χ3n) is 11.0. The summed E-state index contributed by atoms with van der Waals surface area (Å²) >= 11 is 10.0. The van der Waals surface area contributed by atoms with Crippen LogP contribution in [0.3, 0.4) is 0 Å². The molecule has 0 spiro atoms. The molecule has 0 aliphatic heterocycles. The van der Waals surface area contributed by atoms with Crippen molar-refractivity contribution in [3.05, 3.63) is 198 Å². The monoisotopic (exact) mass is 888 g/mol. The van der Waals surface area contributed by atoms with Crippen molar-refractivity contribution in [1.82, 2.24) is 0 Å². The second-order valence-electron chi connectivity index (χ2n) is 16.8. The maximum Gasteiger partial charge on any atom is -1.00 e. The summed E-state index contributed by atoms with van der Waals surface area (Å²) in [5.74, 6) is 0. The van der Waals surface area contributed by atoms with Crippen LogP contribution >= 0.6 is 23.2 Å². The van der Waals surface area contributed by atoms with Crippen molar-refractivity contribution in [3.8, 4) is 33.4 Å². The zero-order valence-corrected chi connectivity index (χ0v) is 38.2. The molecule has 6 aromatic rings. The van der Waals surface area contributed by atoms with Gasteiger partial charge < -0.3 is 24.8 Å². The fraction of sp³-hybridized carbons (Fsp3) is 0.196.